The molecular weight excluding hydrogens is 362 g/mol. The van der Waals surface area contributed by atoms with E-state index in [9.17, 15) is 10.1 Å². The second-order valence-corrected chi connectivity index (χ2v) is 7.13. The molecule has 1 aromatic carbocycles. The fraction of sp³-hybridized carbons (Fsp3) is 0.105. The number of aryl methyl sites for hydroxylation is 2. The molecule has 4 rings (SSSR count). The Morgan fingerprint density at radius 1 is 1.11 bits per heavy atom. The Hall–Kier alpha value is -3.39. The molecule has 0 atom stereocenters. The van der Waals surface area contributed by atoms with Gasteiger partial charge < -0.3 is 0 Å². The minimum atomic E-state index is -0.391. The molecule has 0 unspecified atom stereocenters. The zero-order chi connectivity index (χ0) is 19.0. The molecule has 0 spiro atoms. The monoisotopic (exact) mass is 377 g/mol. The van der Waals surface area contributed by atoms with Gasteiger partial charge in [-0.25, -0.2) is 14.7 Å². The average molecular weight is 377 g/mol. The molecule has 0 bridgehead atoms. The highest BCUT2D eigenvalue weighted by atomic mass is 32.1. The molecule has 134 valence electrons. The Balaban J connectivity index is 1.81. The molecule has 3 aromatic rings. The van der Waals surface area contributed by atoms with Crippen LogP contribution < -0.4 is 0 Å². The van der Waals surface area contributed by atoms with E-state index in [4.69, 9.17) is 4.99 Å². The SMILES string of the molecule is Cc1cc(C)n(C2=N/C(=C/c3ccc([N+](=O)[O-])s3)C(c3ccccc3)=N2)n1. The number of aromatic nitrogens is 2. The minimum Gasteiger partial charge on any atom is -0.258 e. The molecule has 0 fully saturated rings. The van der Waals surface area contributed by atoms with Crippen LogP contribution in [-0.2, 0) is 0 Å². The maximum Gasteiger partial charge on any atom is 0.324 e. The van der Waals surface area contributed by atoms with Crippen molar-refractivity contribution in [3.63, 3.8) is 0 Å². The predicted octanol–water partition coefficient (Wildman–Crippen LogP) is 4.22. The molecule has 0 N–H and O–H groups in total. The zero-order valence-electron chi connectivity index (χ0n) is 14.7. The van der Waals surface area contributed by atoms with E-state index in [1.54, 1.807) is 10.7 Å². The van der Waals surface area contributed by atoms with Gasteiger partial charge in [-0.1, -0.05) is 41.7 Å². The zero-order valence-corrected chi connectivity index (χ0v) is 15.5. The van der Waals surface area contributed by atoms with Gasteiger partial charge in [0, 0.05) is 22.2 Å². The Morgan fingerprint density at radius 3 is 2.52 bits per heavy atom. The second-order valence-electron chi connectivity index (χ2n) is 6.04. The molecule has 7 nitrogen and oxygen atoms in total. The molecule has 0 amide bonds. The first-order valence-corrected chi connectivity index (χ1v) is 9.05. The first-order chi connectivity index (χ1) is 13.0. The largest absolute Gasteiger partial charge is 0.324 e. The van der Waals surface area contributed by atoms with E-state index in [1.165, 1.54) is 6.07 Å². The van der Waals surface area contributed by atoms with E-state index in [1.807, 2.05) is 56.3 Å². The summed E-state index contributed by atoms with van der Waals surface area (Å²) in [7, 11) is 0. The summed E-state index contributed by atoms with van der Waals surface area (Å²) >= 11 is 1.11. The van der Waals surface area contributed by atoms with Crippen molar-refractivity contribution >= 4 is 34.1 Å². The molecular formula is C19H15N5O2S. The Kier molecular flexibility index (Phi) is 4.25. The molecule has 8 heteroatoms. The second kappa shape index (κ2) is 6.73. The van der Waals surface area contributed by atoms with Gasteiger partial charge in [0.1, 0.15) is 5.71 Å². The topological polar surface area (TPSA) is 85.7 Å². The number of thiophene rings is 1. The lowest BCUT2D eigenvalue weighted by Gasteiger charge is -2.01. The van der Waals surface area contributed by atoms with Gasteiger partial charge in [-0.05, 0) is 32.1 Å². The number of hydrogen-bond acceptors (Lipinski definition) is 6. The normalized spacial score (nSPS) is 15.1. The molecule has 0 aliphatic carbocycles. The van der Waals surface area contributed by atoms with E-state index in [2.05, 4.69) is 10.1 Å². The van der Waals surface area contributed by atoms with E-state index in [0.717, 1.165) is 33.2 Å². The molecule has 3 heterocycles. The third-order valence-corrected chi connectivity index (χ3v) is 4.98. The minimum absolute atomic E-state index is 0.0980. The summed E-state index contributed by atoms with van der Waals surface area (Å²) in [5.41, 5.74) is 4.12. The lowest BCUT2D eigenvalue weighted by Crippen LogP contribution is -2.11. The van der Waals surface area contributed by atoms with Crippen LogP contribution >= 0.6 is 11.3 Å². The summed E-state index contributed by atoms with van der Waals surface area (Å²) < 4.78 is 1.70. The molecule has 0 saturated carbocycles. The van der Waals surface area contributed by atoms with Crippen molar-refractivity contribution in [1.29, 1.82) is 0 Å². The summed E-state index contributed by atoms with van der Waals surface area (Å²) in [6.07, 6.45) is 1.82. The van der Waals surface area contributed by atoms with Gasteiger partial charge in [0.05, 0.1) is 16.3 Å². The van der Waals surface area contributed by atoms with E-state index < -0.39 is 4.92 Å². The van der Waals surface area contributed by atoms with Crippen LogP contribution in [0.15, 0.2) is 64.2 Å². The quantitative estimate of drug-likeness (QED) is 0.506. The van der Waals surface area contributed by atoms with Crippen LogP contribution in [0.1, 0.15) is 21.8 Å². The third kappa shape index (κ3) is 3.34. The van der Waals surface area contributed by atoms with Gasteiger partial charge in [-0.3, -0.25) is 10.1 Å². The summed E-state index contributed by atoms with van der Waals surface area (Å²) in [5.74, 6) is 0.483. The fourth-order valence-corrected chi connectivity index (χ4v) is 3.59. The van der Waals surface area contributed by atoms with Crippen LogP contribution in [0, 0.1) is 24.0 Å². The molecule has 2 aromatic heterocycles. The molecule has 0 saturated heterocycles. The van der Waals surface area contributed by atoms with Crippen molar-refractivity contribution in [2.45, 2.75) is 13.8 Å². The maximum atomic E-state index is 10.9. The summed E-state index contributed by atoms with van der Waals surface area (Å²) in [5, 5.41) is 15.5. The van der Waals surface area contributed by atoms with Crippen molar-refractivity contribution in [1.82, 2.24) is 9.78 Å². The van der Waals surface area contributed by atoms with Gasteiger partial charge in [-0.2, -0.15) is 5.10 Å². The lowest BCUT2D eigenvalue weighted by molar-refractivity contribution is -0.380. The van der Waals surface area contributed by atoms with Crippen molar-refractivity contribution in [2.24, 2.45) is 9.98 Å². The van der Waals surface area contributed by atoms with Crippen LogP contribution in [-0.4, -0.2) is 26.4 Å². The van der Waals surface area contributed by atoms with Crippen molar-refractivity contribution in [3.05, 3.63) is 86.2 Å². The number of nitrogens with zero attached hydrogens (tertiary/aromatic N) is 5. The fourth-order valence-electron chi connectivity index (χ4n) is 2.83. The predicted molar refractivity (Wildman–Crippen MR) is 106 cm³/mol. The Labute approximate surface area is 159 Å². The van der Waals surface area contributed by atoms with Gasteiger partial charge in [-0.15, -0.1) is 0 Å². The highest BCUT2D eigenvalue weighted by molar-refractivity contribution is 7.16. The Morgan fingerprint density at radius 2 is 1.89 bits per heavy atom. The lowest BCUT2D eigenvalue weighted by atomic mass is 10.1. The highest BCUT2D eigenvalue weighted by Crippen LogP contribution is 2.28. The van der Waals surface area contributed by atoms with Crippen molar-refractivity contribution < 1.29 is 4.92 Å². The molecule has 1 aliphatic rings. The summed E-state index contributed by atoms with van der Waals surface area (Å²) in [6.45, 7) is 3.87. The number of aliphatic imine (C=N–C) groups is 2. The van der Waals surface area contributed by atoms with Crippen LogP contribution in [0.2, 0.25) is 0 Å². The number of hydrogen-bond donors (Lipinski definition) is 0. The van der Waals surface area contributed by atoms with E-state index in [0.29, 0.717) is 17.4 Å². The van der Waals surface area contributed by atoms with Crippen LogP contribution in [0.5, 0.6) is 0 Å². The number of nitro groups is 1. The maximum absolute atomic E-state index is 10.9. The van der Waals surface area contributed by atoms with Gasteiger partial charge in [0.25, 0.3) is 5.96 Å². The van der Waals surface area contributed by atoms with Crippen LogP contribution in [0.3, 0.4) is 0 Å². The molecule has 27 heavy (non-hydrogen) atoms. The smallest absolute Gasteiger partial charge is 0.258 e. The average Bonchev–Trinajstić information content (AvgIpc) is 3.35. The Bertz CT molecular complexity index is 1120. The van der Waals surface area contributed by atoms with Crippen molar-refractivity contribution in [2.75, 3.05) is 0 Å². The molecule has 0 radical (unpaired) electrons. The van der Waals surface area contributed by atoms with Gasteiger partial charge >= 0.3 is 5.00 Å². The first kappa shape index (κ1) is 17.0. The van der Waals surface area contributed by atoms with Gasteiger partial charge in [0.2, 0.25) is 0 Å². The van der Waals surface area contributed by atoms with E-state index in [-0.39, 0.29) is 5.00 Å². The van der Waals surface area contributed by atoms with Crippen molar-refractivity contribution in [3.8, 4) is 0 Å². The van der Waals surface area contributed by atoms with Crippen LogP contribution in [0.25, 0.3) is 6.08 Å². The summed E-state index contributed by atoms with van der Waals surface area (Å²) in [6, 6.07) is 14.9. The van der Waals surface area contributed by atoms with Gasteiger partial charge in [0.15, 0.2) is 0 Å². The third-order valence-electron chi connectivity index (χ3n) is 3.99. The number of allylic oxidation sites excluding steroid dienone is 1. The highest BCUT2D eigenvalue weighted by Gasteiger charge is 2.21. The summed E-state index contributed by atoms with van der Waals surface area (Å²) in [4.78, 5) is 20.6. The first-order valence-electron chi connectivity index (χ1n) is 8.24. The standard InChI is InChI=1S/C19H15N5O2S/c1-12-10-13(2)23(22-12)19-20-16(11-15-8-9-17(27-15)24(25)26)18(21-19)14-6-4-3-5-7-14/h3-11H,1-2H3/b16-11+. The number of benzene rings is 1. The number of rotatable bonds is 3. The van der Waals surface area contributed by atoms with E-state index >= 15 is 0 Å². The van der Waals surface area contributed by atoms with Crippen LogP contribution in [0.4, 0.5) is 5.00 Å². The molecule has 1 aliphatic heterocycles.